The Labute approximate surface area is 194 Å². The quantitative estimate of drug-likeness (QED) is 0.420. The molecule has 1 saturated carbocycles. The highest BCUT2D eigenvalue weighted by atomic mass is 19.1. The summed E-state index contributed by atoms with van der Waals surface area (Å²) in [5.41, 5.74) is 4.11. The highest BCUT2D eigenvalue weighted by Crippen LogP contribution is 2.35. The van der Waals surface area contributed by atoms with Crippen molar-refractivity contribution in [3.05, 3.63) is 71.8 Å². The Morgan fingerprint density at radius 2 is 2.12 bits per heavy atom. The molecule has 1 fully saturated rings. The normalized spacial score (nSPS) is 19.3. The van der Waals surface area contributed by atoms with Crippen LogP contribution in [0.2, 0.25) is 0 Å². The van der Waals surface area contributed by atoms with Crippen LogP contribution in [0.25, 0.3) is 16.9 Å². The Hall–Kier alpha value is -3.98. The van der Waals surface area contributed by atoms with Gasteiger partial charge in [0, 0.05) is 30.4 Å². The zero-order chi connectivity index (χ0) is 23.2. The number of pyridine rings is 2. The van der Waals surface area contributed by atoms with Crippen LogP contribution in [0, 0.1) is 5.82 Å². The van der Waals surface area contributed by atoms with Gasteiger partial charge in [-0.25, -0.2) is 9.37 Å². The van der Waals surface area contributed by atoms with Gasteiger partial charge in [0.1, 0.15) is 23.4 Å². The van der Waals surface area contributed by atoms with Crippen LogP contribution >= 0.6 is 0 Å². The number of amides is 1. The molecule has 3 N–H and O–H groups in total. The minimum absolute atomic E-state index is 0.180. The van der Waals surface area contributed by atoms with Crippen LogP contribution in [0.5, 0.6) is 5.88 Å². The third-order valence-electron chi connectivity index (χ3n) is 6.39. The SMILES string of the molecule is O=C1NCc2c(-c3cnc4cc(F)ccn34)ccc(Nc3cccc(O[C@H]4CCC[C@H]4O)n3)c21. The van der Waals surface area contributed by atoms with Crippen LogP contribution in [0.3, 0.4) is 0 Å². The molecule has 1 aliphatic carbocycles. The standard InChI is InChI=1S/C25H22FN5O3/c26-14-9-10-31-18(13-27-22(31)11-14)15-7-8-17(24-16(15)12-28-25(24)33)29-21-5-2-6-23(30-21)34-20-4-1-3-19(20)32/h2,5-11,13,19-20,32H,1,3-4,12H2,(H,28,33)(H,29,30)/t19-,20+/m1/s1. The number of carbonyl (C=O) groups excluding carboxylic acids is 1. The van der Waals surface area contributed by atoms with Crippen molar-refractivity contribution < 1.29 is 19.0 Å². The molecule has 9 heteroatoms. The van der Waals surface area contributed by atoms with Crippen molar-refractivity contribution in [2.45, 2.75) is 38.0 Å². The molecule has 8 nitrogen and oxygen atoms in total. The first kappa shape index (κ1) is 20.6. The van der Waals surface area contributed by atoms with Crippen LogP contribution in [-0.4, -0.2) is 37.6 Å². The number of ether oxygens (including phenoxy) is 1. The predicted octanol–water partition coefficient (Wildman–Crippen LogP) is 3.81. The van der Waals surface area contributed by atoms with Gasteiger partial charge >= 0.3 is 0 Å². The number of hydrogen-bond acceptors (Lipinski definition) is 6. The Morgan fingerprint density at radius 1 is 1.21 bits per heavy atom. The summed E-state index contributed by atoms with van der Waals surface area (Å²) in [6.45, 7) is 0.379. The van der Waals surface area contributed by atoms with Gasteiger partial charge in [-0.3, -0.25) is 9.20 Å². The number of halogens is 1. The third kappa shape index (κ3) is 3.54. The van der Waals surface area contributed by atoms with E-state index in [4.69, 9.17) is 4.74 Å². The molecule has 1 amide bonds. The van der Waals surface area contributed by atoms with Gasteiger partial charge in [-0.2, -0.15) is 4.98 Å². The van der Waals surface area contributed by atoms with E-state index in [9.17, 15) is 14.3 Å². The topological polar surface area (TPSA) is 101 Å². The number of anilines is 2. The molecule has 3 aromatic heterocycles. The summed E-state index contributed by atoms with van der Waals surface area (Å²) in [6, 6.07) is 11.9. The average molecular weight is 459 g/mol. The summed E-state index contributed by atoms with van der Waals surface area (Å²) >= 11 is 0. The van der Waals surface area contributed by atoms with E-state index >= 15 is 0 Å². The maximum Gasteiger partial charge on any atom is 0.254 e. The lowest BCUT2D eigenvalue weighted by Crippen LogP contribution is -2.26. The summed E-state index contributed by atoms with van der Waals surface area (Å²) < 4.78 is 21.3. The molecular weight excluding hydrogens is 437 g/mol. The first-order chi connectivity index (χ1) is 16.6. The molecule has 0 unspecified atom stereocenters. The highest BCUT2D eigenvalue weighted by molar-refractivity contribution is 6.06. The van der Waals surface area contributed by atoms with Crippen molar-refractivity contribution in [3.63, 3.8) is 0 Å². The van der Waals surface area contributed by atoms with Gasteiger partial charge in [0.2, 0.25) is 5.88 Å². The van der Waals surface area contributed by atoms with Crippen molar-refractivity contribution >= 4 is 23.1 Å². The van der Waals surface area contributed by atoms with Crippen LogP contribution in [0.1, 0.15) is 35.2 Å². The molecule has 6 rings (SSSR count). The zero-order valence-corrected chi connectivity index (χ0v) is 18.2. The average Bonchev–Trinajstić information content (AvgIpc) is 3.54. The number of fused-ring (bicyclic) bond motifs is 2. The maximum atomic E-state index is 13.6. The second-order valence-electron chi connectivity index (χ2n) is 8.55. The lowest BCUT2D eigenvalue weighted by Gasteiger charge is -2.17. The van der Waals surface area contributed by atoms with Crippen LogP contribution in [0.15, 0.2) is 54.9 Å². The molecular formula is C25H22FN5O3. The number of nitrogens with zero attached hydrogens (tertiary/aromatic N) is 3. The van der Waals surface area contributed by atoms with E-state index in [2.05, 4.69) is 20.6 Å². The van der Waals surface area contributed by atoms with Gasteiger partial charge < -0.3 is 20.5 Å². The van der Waals surface area contributed by atoms with Crippen molar-refractivity contribution in [1.29, 1.82) is 0 Å². The molecule has 0 spiro atoms. The molecule has 0 saturated heterocycles. The zero-order valence-electron chi connectivity index (χ0n) is 18.2. The smallest absolute Gasteiger partial charge is 0.254 e. The molecule has 2 atom stereocenters. The largest absolute Gasteiger partial charge is 0.472 e. The van der Waals surface area contributed by atoms with Gasteiger partial charge in [-0.15, -0.1) is 0 Å². The third-order valence-corrected chi connectivity index (χ3v) is 6.39. The second-order valence-corrected chi connectivity index (χ2v) is 8.55. The number of carbonyl (C=O) groups is 1. The van der Waals surface area contributed by atoms with Gasteiger partial charge in [0.15, 0.2) is 0 Å². The number of rotatable bonds is 5. The molecule has 4 heterocycles. The molecule has 2 aliphatic rings. The Kier molecular flexibility index (Phi) is 4.91. The lowest BCUT2D eigenvalue weighted by molar-refractivity contribution is 0.0575. The van der Waals surface area contributed by atoms with E-state index in [0.717, 1.165) is 36.1 Å². The number of nitrogens with one attached hydrogen (secondary N) is 2. The number of benzene rings is 1. The van der Waals surface area contributed by atoms with Crippen molar-refractivity contribution in [1.82, 2.24) is 19.7 Å². The molecule has 1 aliphatic heterocycles. The number of aromatic nitrogens is 3. The number of imidazole rings is 1. The van der Waals surface area contributed by atoms with Gasteiger partial charge in [0.05, 0.1) is 29.2 Å². The summed E-state index contributed by atoms with van der Waals surface area (Å²) in [5, 5.41) is 16.2. The highest BCUT2D eigenvalue weighted by Gasteiger charge is 2.28. The molecule has 4 aromatic rings. The number of aliphatic hydroxyl groups is 1. The van der Waals surface area contributed by atoms with E-state index in [1.807, 2.05) is 18.2 Å². The first-order valence-electron chi connectivity index (χ1n) is 11.2. The molecule has 0 radical (unpaired) electrons. The van der Waals surface area contributed by atoms with Gasteiger partial charge in [0.25, 0.3) is 5.91 Å². The van der Waals surface area contributed by atoms with Gasteiger partial charge in [-0.05, 0) is 43.0 Å². The van der Waals surface area contributed by atoms with E-state index < -0.39 is 6.10 Å². The Bertz CT molecular complexity index is 1420. The summed E-state index contributed by atoms with van der Waals surface area (Å²) in [7, 11) is 0. The van der Waals surface area contributed by atoms with E-state index in [1.165, 1.54) is 12.1 Å². The van der Waals surface area contributed by atoms with Crippen LogP contribution < -0.4 is 15.4 Å². The molecule has 34 heavy (non-hydrogen) atoms. The summed E-state index contributed by atoms with van der Waals surface area (Å²) in [4.78, 5) is 21.6. The monoisotopic (exact) mass is 459 g/mol. The van der Waals surface area contributed by atoms with E-state index in [1.54, 1.807) is 28.9 Å². The van der Waals surface area contributed by atoms with Crippen molar-refractivity contribution in [3.8, 4) is 17.1 Å². The Balaban J connectivity index is 1.34. The molecule has 1 aromatic carbocycles. The second kappa shape index (κ2) is 8.11. The van der Waals surface area contributed by atoms with Crippen LogP contribution in [-0.2, 0) is 6.54 Å². The summed E-state index contributed by atoms with van der Waals surface area (Å²) in [5.74, 6) is 0.421. The molecule has 172 valence electrons. The minimum atomic E-state index is -0.478. The van der Waals surface area contributed by atoms with E-state index in [0.29, 0.717) is 35.1 Å². The van der Waals surface area contributed by atoms with Crippen molar-refractivity contribution in [2.24, 2.45) is 0 Å². The fourth-order valence-corrected chi connectivity index (χ4v) is 4.73. The first-order valence-corrected chi connectivity index (χ1v) is 11.2. The maximum absolute atomic E-state index is 13.6. The number of aliphatic hydroxyl groups excluding tert-OH is 1. The van der Waals surface area contributed by atoms with Crippen LogP contribution in [0.4, 0.5) is 15.9 Å². The number of hydrogen-bond donors (Lipinski definition) is 3. The van der Waals surface area contributed by atoms with E-state index in [-0.39, 0.29) is 17.8 Å². The van der Waals surface area contributed by atoms with Crippen molar-refractivity contribution in [2.75, 3.05) is 5.32 Å². The Morgan fingerprint density at radius 3 is 2.97 bits per heavy atom. The summed E-state index contributed by atoms with van der Waals surface area (Å²) in [6.07, 6.45) is 5.04. The molecule has 0 bridgehead atoms. The lowest BCUT2D eigenvalue weighted by atomic mass is 9.99. The minimum Gasteiger partial charge on any atom is -0.472 e. The fourth-order valence-electron chi connectivity index (χ4n) is 4.73. The predicted molar refractivity (Wildman–Crippen MR) is 124 cm³/mol. The van der Waals surface area contributed by atoms with Gasteiger partial charge in [-0.1, -0.05) is 12.1 Å². The fraction of sp³-hybridized carbons (Fsp3) is 0.240.